The van der Waals surface area contributed by atoms with Gasteiger partial charge in [-0.3, -0.25) is 4.52 Å². The Morgan fingerprint density at radius 1 is 1.44 bits per heavy atom. The van der Waals surface area contributed by atoms with Crippen LogP contribution in [-0.4, -0.2) is 61.0 Å². The summed E-state index contributed by atoms with van der Waals surface area (Å²) in [6.45, 7) is 5.10. The fourth-order valence-electron chi connectivity index (χ4n) is 2.69. The fraction of sp³-hybridized carbons (Fsp3) is 0.500. The first-order chi connectivity index (χ1) is 11.2. The number of aliphatic hydroxyl groups is 2. The summed E-state index contributed by atoms with van der Waals surface area (Å²) < 4.78 is 20.6. The first-order valence-corrected chi connectivity index (χ1v) is 8.64. The van der Waals surface area contributed by atoms with Crippen molar-refractivity contribution >= 4 is 14.0 Å². The van der Waals surface area contributed by atoms with Gasteiger partial charge in [-0.2, -0.15) is 0 Å². The highest BCUT2D eigenvalue weighted by atomic mass is 31.2. The highest BCUT2D eigenvalue weighted by molar-refractivity contribution is 7.46. The minimum atomic E-state index is -4.70. The maximum atomic E-state index is 10.8. The number of fused-ring (bicyclic) bond motifs is 1. The number of rotatable bonds is 4. The van der Waals surface area contributed by atoms with Crippen LogP contribution < -0.4 is 10.7 Å². The predicted octanol–water partition coefficient (Wildman–Crippen LogP) is -1.34. The molecule has 4 atom stereocenters. The Labute approximate surface area is 144 Å². The van der Waals surface area contributed by atoms with Crippen LogP contribution in [-0.2, 0) is 13.8 Å². The molecule has 0 aliphatic carbocycles. The zero-order valence-electron chi connectivity index (χ0n) is 12.7. The third-order valence-electron chi connectivity index (χ3n) is 3.80. The van der Waals surface area contributed by atoms with E-state index < -0.39 is 39.0 Å². The predicted molar refractivity (Wildman–Crippen MR) is 87.2 cm³/mol. The first-order valence-electron chi connectivity index (χ1n) is 7.11. The van der Waals surface area contributed by atoms with Crippen molar-refractivity contribution in [1.82, 2.24) is 9.88 Å². The maximum Gasteiger partial charge on any atom is 0.469 e. The number of aryl methyl sites for hydroxylation is 1. The second kappa shape index (κ2) is 7.00. The minimum absolute atomic E-state index is 0. The van der Waals surface area contributed by atoms with E-state index in [-0.39, 0.29) is 13.2 Å². The molecule has 140 valence electrons. The van der Waals surface area contributed by atoms with Gasteiger partial charge in [0, 0.05) is 17.1 Å². The topological polar surface area (TPSA) is 148 Å². The van der Waals surface area contributed by atoms with Crippen LogP contribution in [0.1, 0.15) is 13.1 Å². The van der Waals surface area contributed by atoms with Gasteiger partial charge in [0.25, 0.3) is 0 Å². The number of phosphoric ester groups is 1. The lowest BCUT2D eigenvalue weighted by Crippen LogP contribution is -2.44. The van der Waals surface area contributed by atoms with Gasteiger partial charge in [-0.05, 0) is 13.0 Å². The molecule has 0 radical (unpaired) electrons. The summed E-state index contributed by atoms with van der Waals surface area (Å²) in [5, 5.41) is 21.0. The quantitative estimate of drug-likeness (QED) is 0.406. The molecule has 1 aromatic rings. The average molecular weight is 375 g/mol. The van der Waals surface area contributed by atoms with E-state index in [1.807, 2.05) is 13.0 Å². The van der Waals surface area contributed by atoms with Crippen molar-refractivity contribution in [3.05, 3.63) is 34.9 Å². The maximum absolute atomic E-state index is 10.8. The van der Waals surface area contributed by atoms with Crippen LogP contribution in [0.25, 0.3) is 6.20 Å². The van der Waals surface area contributed by atoms with Crippen molar-refractivity contribution in [2.24, 2.45) is 4.99 Å². The van der Waals surface area contributed by atoms with Gasteiger partial charge in [0.15, 0.2) is 6.23 Å². The average Bonchev–Trinajstić information content (AvgIpc) is 2.96. The number of ether oxygens (including phenoxy) is 1. The van der Waals surface area contributed by atoms with Crippen LogP contribution in [0.4, 0.5) is 0 Å². The molecule has 1 fully saturated rings. The minimum Gasteiger partial charge on any atom is -0.387 e. The molecule has 3 heterocycles. The summed E-state index contributed by atoms with van der Waals surface area (Å²) in [5.74, 6) is 0.289. The Bertz CT molecular complexity index is 817. The molecule has 0 amide bonds. The lowest BCUT2D eigenvalue weighted by atomic mass is 10.1. The number of nitrogens with zero attached hydrogens (tertiary/aromatic N) is 2. The zero-order chi connectivity index (χ0) is 17.6. The molecule has 10 nitrogen and oxygen atoms in total. The molecule has 3 rings (SSSR count). The van der Waals surface area contributed by atoms with Crippen molar-refractivity contribution in [3.8, 4) is 0 Å². The van der Waals surface area contributed by atoms with Gasteiger partial charge in [-0.15, -0.1) is 0 Å². The number of nitrogens with one attached hydrogen (secondary N) is 1. The second-order valence-corrected chi connectivity index (χ2v) is 6.89. The van der Waals surface area contributed by atoms with E-state index in [2.05, 4.69) is 21.1 Å². The number of aliphatic hydroxyl groups excluding tert-OH is 2. The van der Waals surface area contributed by atoms with E-state index in [9.17, 15) is 14.8 Å². The number of hydrogen-bond donors (Lipinski definition) is 5. The van der Waals surface area contributed by atoms with Gasteiger partial charge in [-0.1, -0.05) is 14.0 Å². The molecule has 1 aromatic heterocycles. The number of aromatic nitrogens is 1. The Balaban J connectivity index is 0.00000225. The SMILES string of the molecule is C.C=C1N=c2[nH]c(C)cc2=CN1[C@@H]1O[C@H](COP(=O)(O)O)[C@@H](O)[C@H]1O. The Kier molecular flexibility index (Phi) is 5.55. The Morgan fingerprint density at radius 3 is 2.76 bits per heavy atom. The monoisotopic (exact) mass is 375 g/mol. The van der Waals surface area contributed by atoms with Gasteiger partial charge in [-0.25, -0.2) is 9.56 Å². The van der Waals surface area contributed by atoms with Gasteiger partial charge < -0.3 is 34.6 Å². The van der Waals surface area contributed by atoms with Crippen LogP contribution in [0.15, 0.2) is 23.5 Å². The molecule has 5 N–H and O–H groups in total. The van der Waals surface area contributed by atoms with Crippen molar-refractivity contribution in [3.63, 3.8) is 0 Å². The van der Waals surface area contributed by atoms with Crippen molar-refractivity contribution in [2.75, 3.05) is 6.61 Å². The lowest BCUT2D eigenvalue weighted by Gasteiger charge is -2.29. The lowest BCUT2D eigenvalue weighted by molar-refractivity contribution is -0.0633. The molecular formula is C14H22N3O7P. The molecule has 0 bridgehead atoms. The normalized spacial score (nSPS) is 28.8. The van der Waals surface area contributed by atoms with E-state index in [0.29, 0.717) is 5.49 Å². The largest absolute Gasteiger partial charge is 0.469 e. The number of H-pyrrole nitrogens is 1. The second-order valence-electron chi connectivity index (χ2n) is 5.65. The molecule has 0 saturated carbocycles. The molecule has 0 aromatic carbocycles. The van der Waals surface area contributed by atoms with E-state index in [1.165, 1.54) is 4.90 Å². The molecular weight excluding hydrogens is 353 g/mol. The fourth-order valence-corrected chi connectivity index (χ4v) is 3.03. The number of hydrogen-bond acceptors (Lipinski definition) is 7. The Morgan fingerprint density at radius 2 is 2.12 bits per heavy atom. The highest BCUT2D eigenvalue weighted by Gasteiger charge is 2.46. The Hall–Kier alpha value is -1.52. The molecule has 25 heavy (non-hydrogen) atoms. The van der Waals surface area contributed by atoms with Gasteiger partial charge in [0.2, 0.25) is 0 Å². The van der Waals surface area contributed by atoms with E-state index in [4.69, 9.17) is 14.5 Å². The summed E-state index contributed by atoms with van der Waals surface area (Å²) >= 11 is 0. The van der Waals surface area contributed by atoms with Crippen LogP contribution in [0.5, 0.6) is 0 Å². The summed E-state index contributed by atoms with van der Waals surface area (Å²) in [4.78, 5) is 26.3. The molecule has 0 spiro atoms. The van der Waals surface area contributed by atoms with Crippen LogP contribution >= 0.6 is 7.82 Å². The van der Waals surface area contributed by atoms with Crippen molar-refractivity contribution in [1.29, 1.82) is 0 Å². The van der Waals surface area contributed by atoms with Crippen LogP contribution in [0.3, 0.4) is 0 Å². The van der Waals surface area contributed by atoms with Crippen molar-refractivity contribution < 1.29 is 33.8 Å². The van der Waals surface area contributed by atoms with Crippen LogP contribution in [0, 0.1) is 6.92 Å². The molecule has 1 saturated heterocycles. The third-order valence-corrected chi connectivity index (χ3v) is 4.28. The molecule has 2 aliphatic heterocycles. The summed E-state index contributed by atoms with van der Waals surface area (Å²) in [5.41, 5.74) is 1.53. The molecule has 2 aliphatic rings. The van der Waals surface area contributed by atoms with Gasteiger partial charge >= 0.3 is 7.82 Å². The van der Waals surface area contributed by atoms with Crippen LogP contribution in [0.2, 0.25) is 0 Å². The number of aromatic amines is 1. The smallest absolute Gasteiger partial charge is 0.387 e. The number of phosphoric acid groups is 1. The van der Waals surface area contributed by atoms with Gasteiger partial charge in [0.1, 0.15) is 29.6 Å². The molecule has 0 unspecified atom stereocenters. The standard InChI is InChI=1S/C13H18N3O7P.CH4/c1-6-3-8-4-16(7(2)15-12(8)14-6)13-11(18)10(17)9(23-13)5-22-24(19,20)21;/h3-4,9-11,13,17-18H,2,5H2,1H3,(H,14,15)(H2,19,20,21);1H4/t9-,10-,11-,13-;/m1./s1. The van der Waals surface area contributed by atoms with Gasteiger partial charge in [0.05, 0.1) is 6.61 Å². The van der Waals surface area contributed by atoms with E-state index in [0.717, 1.165) is 10.9 Å². The summed E-state index contributed by atoms with van der Waals surface area (Å²) in [6.07, 6.45) is -3.16. The van der Waals surface area contributed by atoms with Crippen molar-refractivity contribution in [2.45, 2.75) is 38.9 Å². The first kappa shape index (κ1) is 19.8. The van der Waals surface area contributed by atoms with E-state index in [1.54, 1.807) is 6.20 Å². The summed E-state index contributed by atoms with van der Waals surface area (Å²) in [7, 11) is -4.70. The van der Waals surface area contributed by atoms with E-state index >= 15 is 0 Å². The third kappa shape index (κ3) is 4.01. The highest BCUT2D eigenvalue weighted by Crippen LogP contribution is 2.37. The molecule has 11 heteroatoms. The zero-order valence-corrected chi connectivity index (χ0v) is 13.6. The summed E-state index contributed by atoms with van der Waals surface area (Å²) in [6, 6.07) is 1.85.